The molecule has 0 aromatic heterocycles. The molecule has 2 fully saturated rings. The molecule has 0 spiro atoms. The van der Waals surface area contributed by atoms with E-state index in [1.54, 1.807) is 4.90 Å². The Morgan fingerprint density at radius 2 is 1.90 bits per heavy atom. The van der Waals surface area contributed by atoms with Crippen molar-refractivity contribution in [3.05, 3.63) is 35.9 Å². The summed E-state index contributed by atoms with van der Waals surface area (Å²) in [6.07, 6.45) is 2.20. The molecular weight excluding hydrogens is 256 g/mol. The Balaban J connectivity index is 1.75. The molecule has 20 heavy (non-hydrogen) atoms. The third-order valence-electron chi connectivity index (χ3n) is 3.71. The van der Waals surface area contributed by atoms with Gasteiger partial charge in [-0.15, -0.1) is 0 Å². The Hall–Kier alpha value is -2.17. The molecule has 1 N–H and O–H groups in total. The Kier molecular flexibility index (Phi) is 3.26. The molecule has 1 aliphatic carbocycles. The fraction of sp³-hybridized carbons (Fsp3) is 0.400. The van der Waals surface area contributed by atoms with Gasteiger partial charge < -0.3 is 4.90 Å². The zero-order valence-corrected chi connectivity index (χ0v) is 11.0. The third kappa shape index (κ3) is 2.57. The molecule has 1 unspecified atom stereocenters. The van der Waals surface area contributed by atoms with Crippen LogP contribution >= 0.6 is 0 Å². The fourth-order valence-electron chi connectivity index (χ4n) is 2.61. The SMILES string of the molecule is O=C1CC(N(C(=O)Cc2ccccc2)C2CC2)C(=O)N1. The van der Waals surface area contributed by atoms with Gasteiger partial charge in [-0.05, 0) is 18.4 Å². The van der Waals surface area contributed by atoms with Gasteiger partial charge in [-0.25, -0.2) is 0 Å². The summed E-state index contributed by atoms with van der Waals surface area (Å²) in [6.45, 7) is 0. The molecule has 0 bridgehead atoms. The minimum absolute atomic E-state index is 0.0754. The van der Waals surface area contributed by atoms with Gasteiger partial charge in [0, 0.05) is 6.04 Å². The molecule has 1 atom stereocenters. The van der Waals surface area contributed by atoms with E-state index in [0.29, 0.717) is 0 Å². The van der Waals surface area contributed by atoms with Crippen LogP contribution in [-0.2, 0) is 20.8 Å². The van der Waals surface area contributed by atoms with E-state index in [1.165, 1.54) is 0 Å². The number of nitrogens with one attached hydrogen (secondary N) is 1. The summed E-state index contributed by atoms with van der Waals surface area (Å²) in [6, 6.07) is 8.95. The highest BCUT2D eigenvalue weighted by molar-refractivity contribution is 6.07. The quantitative estimate of drug-likeness (QED) is 0.818. The predicted octanol–water partition coefficient (Wildman–Crippen LogP) is 0.635. The van der Waals surface area contributed by atoms with Gasteiger partial charge in [0.2, 0.25) is 17.7 Å². The topological polar surface area (TPSA) is 66.5 Å². The highest BCUT2D eigenvalue weighted by atomic mass is 16.2. The van der Waals surface area contributed by atoms with Crippen molar-refractivity contribution in [2.24, 2.45) is 0 Å². The molecule has 1 heterocycles. The second-order valence-electron chi connectivity index (χ2n) is 5.33. The molecule has 1 aromatic carbocycles. The van der Waals surface area contributed by atoms with Gasteiger partial charge in [-0.1, -0.05) is 30.3 Å². The lowest BCUT2D eigenvalue weighted by Crippen LogP contribution is -2.46. The molecule has 1 aliphatic heterocycles. The lowest BCUT2D eigenvalue weighted by molar-refractivity contribution is -0.139. The van der Waals surface area contributed by atoms with Gasteiger partial charge >= 0.3 is 0 Å². The van der Waals surface area contributed by atoms with E-state index in [4.69, 9.17) is 0 Å². The first kappa shape index (κ1) is 12.8. The molecule has 104 valence electrons. The maximum Gasteiger partial charge on any atom is 0.249 e. The number of amides is 3. The number of imide groups is 1. The highest BCUT2D eigenvalue weighted by Crippen LogP contribution is 2.31. The minimum atomic E-state index is -0.619. The third-order valence-corrected chi connectivity index (χ3v) is 3.71. The van der Waals surface area contributed by atoms with E-state index in [9.17, 15) is 14.4 Å². The maximum atomic E-state index is 12.5. The Labute approximate surface area is 116 Å². The van der Waals surface area contributed by atoms with Gasteiger partial charge in [0.25, 0.3) is 0 Å². The van der Waals surface area contributed by atoms with E-state index in [1.807, 2.05) is 30.3 Å². The number of hydrogen-bond acceptors (Lipinski definition) is 3. The van der Waals surface area contributed by atoms with Crippen molar-refractivity contribution in [3.63, 3.8) is 0 Å². The average Bonchev–Trinajstić information content (AvgIpc) is 3.18. The van der Waals surface area contributed by atoms with Crippen molar-refractivity contribution in [3.8, 4) is 0 Å². The predicted molar refractivity (Wildman–Crippen MR) is 71.6 cm³/mol. The van der Waals surface area contributed by atoms with Crippen molar-refractivity contribution in [1.82, 2.24) is 10.2 Å². The molecule has 5 nitrogen and oxygen atoms in total. The van der Waals surface area contributed by atoms with Crippen LogP contribution in [0.5, 0.6) is 0 Å². The van der Waals surface area contributed by atoms with Crippen LogP contribution in [0.2, 0.25) is 0 Å². The molecule has 5 heteroatoms. The summed E-state index contributed by atoms with van der Waals surface area (Å²) >= 11 is 0. The van der Waals surface area contributed by atoms with Gasteiger partial charge in [0.15, 0.2) is 0 Å². The van der Waals surface area contributed by atoms with Gasteiger partial charge in [-0.2, -0.15) is 0 Å². The number of nitrogens with zero attached hydrogens (tertiary/aromatic N) is 1. The minimum Gasteiger partial charge on any atom is -0.327 e. The number of carbonyl (C=O) groups excluding carboxylic acids is 3. The molecule has 1 saturated carbocycles. The van der Waals surface area contributed by atoms with Gasteiger partial charge in [0.1, 0.15) is 6.04 Å². The van der Waals surface area contributed by atoms with E-state index in [-0.39, 0.29) is 36.6 Å². The molecule has 3 rings (SSSR count). The summed E-state index contributed by atoms with van der Waals surface area (Å²) in [5, 5.41) is 2.28. The first-order valence-corrected chi connectivity index (χ1v) is 6.84. The zero-order valence-electron chi connectivity index (χ0n) is 11.0. The van der Waals surface area contributed by atoms with Crippen molar-refractivity contribution in [1.29, 1.82) is 0 Å². The van der Waals surface area contributed by atoms with Crippen LogP contribution in [0.3, 0.4) is 0 Å². The van der Waals surface area contributed by atoms with Crippen LogP contribution < -0.4 is 5.32 Å². The average molecular weight is 272 g/mol. The van der Waals surface area contributed by atoms with Crippen LogP contribution in [0.4, 0.5) is 0 Å². The van der Waals surface area contributed by atoms with Crippen LogP contribution in [0.1, 0.15) is 24.8 Å². The summed E-state index contributed by atoms with van der Waals surface area (Å²) < 4.78 is 0. The lowest BCUT2D eigenvalue weighted by atomic mass is 10.1. The summed E-state index contributed by atoms with van der Waals surface area (Å²) in [7, 11) is 0. The standard InChI is InChI=1S/C15H16N2O3/c18-13-9-12(15(20)16-13)17(11-6-7-11)14(19)8-10-4-2-1-3-5-10/h1-5,11-12H,6-9H2,(H,16,18,20). The van der Waals surface area contributed by atoms with Crippen LogP contribution in [-0.4, -0.2) is 34.7 Å². The van der Waals surface area contributed by atoms with Crippen molar-refractivity contribution < 1.29 is 14.4 Å². The normalized spacial score (nSPS) is 21.7. The lowest BCUT2D eigenvalue weighted by Gasteiger charge is -2.26. The molecule has 1 saturated heterocycles. The molecule has 1 aromatic rings. The zero-order chi connectivity index (χ0) is 14.1. The van der Waals surface area contributed by atoms with Crippen LogP contribution in [0.15, 0.2) is 30.3 Å². The van der Waals surface area contributed by atoms with E-state index in [0.717, 1.165) is 18.4 Å². The van der Waals surface area contributed by atoms with Gasteiger partial charge in [0.05, 0.1) is 12.8 Å². The van der Waals surface area contributed by atoms with Crippen LogP contribution in [0, 0.1) is 0 Å². The first-order valence-electron chi connectivity index (χ1n) is 6.84. The Bertz CT molecular complexity index is 551. The number of hydrogen-bond donors (Lipinski definition) is 1. The summed E-state index contributed by atoms with van der Waals surface area (Å²) in [5.41, 5.74) is 0.924. The molecule has 0 radical (unpaired) electrons. The summed E-state index contributed by atoms with van der Waals surface area (Å²) in [5.74, 6) is -0.713. The maximum absolute atomic E-state index is 12.5. The van der Waals surface area contributed by atoms with Gasteiger partial charge in [-0.3, -0.25) is 19.7 Å². The monoisotopic (exact) mass is 272 g/mol. The second kappa shape index (κ2) is 5.07. The number of benzene rings is 1. The largest absolute Gasteiger partial charge is 0.327 e. The van der Waals surface area contributed by atoms with E-state index >= 15 is 0 Å². The van der Waals surface area contributed by atoms with E-state index in [2.05, 4.69) is 5.32 Å². The second-order valence-corrected chi connectivity index (χ2v) is 5.33. The summed E-state index contributed by atoms with van der Waals surface area (Å²) in [4.78, 5) is 37.2. The van der Waals surface area contributed by atoms with Crippen LogP contribution in [0.25, 0.3) is 0 Å². The van der Waals surface area contributed by atoms with Crippen molar-refractivity contribution >= 4 is 17.7 Å². The van der Waals surface area contributed by atoms with Crippen molar-refractivity contribution in [2.45, 2.75) is 37.8 Å². The molecule has 3 amide bonds. The smallest absolute Gasteiger partial charge is 0.249 e. The highest BCUT2D eigenvalue weighted by Gasteiger charge is 2.44. The first-order chi connectivity index (χ1) is 9.65. The Morgan fingerprint density at radius 3 is 2.45 bits per heavy atom. The molecular formula is C15H16N2O3. The number of rotatable bonds is 4. The van der Waals surface area contributed by atoms with E-state index < -0.39 is 6.04 Å². The fourth-order valence-corrected chi connectivity index (χ4v) is 2.61. The molecule has 2 aliphatic rings. The number of carbonyl (C=O) groups is 3. The Morgan fingerprint density at radius 1 is 1.20 bits per heavy atom. The van der Waals surface area contributed by atoms with Crippen molar-refractivity contribution in [2.75, 3.05) is 0 Å².